The summed E-state index contributed by atoms with van der Waals surface area (Å²) in [5, 5.41) is 20.7. The largest absolute Gasteiger partial charge is 0.481 e. The molecule has 0 amide bonds. The van der Waals surface area contributed by atoms with Crippen LogP contribution in [0.25, 0.3) is 0 Å². The van der Waals surface area contributed by atoms with Crippen LogP contribution in [0.2, 0.25) is 0 Å². The highest BCUT2D eigenvalue weighted by molar-refractivity contribution is 7.86. The first kappa shape index (κ1) is 18.5. The molecule has 1 unspecified atom stereocenters. The Bertz CT molecular complexity index is 820. The fraction of sp³-hybridized carbons (Fsp3) is 0.333. The highest BCUT2D eigenvalue weighted by Gasteiger charge is 2.52. The van der Waals surface area contributed by atoms with Crippen LogP contribution in [-0.4, -0.2) is 63.2 Å². The second-order valence-electron chi connectivity index (χ2n) is 5.46. The number of benzene rings is 1. The molecule has 1 aromatic carbocycles. The average molecular weight is 384 g/mol. The highest BCUT2D eigenvalue weighted by Crippen LogP contribution is 2.29. The first-order valence-corrected chi connectivity index (χ1v) is 8.98. The lowest BCUT2D eigenvalue weighted by Gasteiger charge is -2.40. The molecule has 3 N–H and O–H groups in total. The van der Waals surface area contributed by atoms with Gasteiger partial charge in [-0.1, -0.05) is 18.2 Å². The van der Waals surface area contributed by atoms with E-state index >= 15 is 0 Å². The van der Waals surface area contributed by atoms with Gasteiger partial charge in [-0.3, -0.25) is 4.55 Å². The first-order valence-electron chi connectivity index (χ1n) is 7.47. The highest BCUT2D eigenvalue weighted by atomic mass is 32.2. The molecule has 0 aliphatic carbocycles. The lowest BCUT2D eigenvalue weighted by Crippen LogP contribution is -2.62. The molecule has 2 aromatic rings. The summed E-state index contributed by atoms with van der Waals surface area (Å²) < 4.78 is 48.4. The Morgan fingerprint density at radius 3 is 2.23 bits per heavy atom. The summed E-state index contributed by atoms with van der Waals surface area (Å²) in [4.78, 5) is 7.45. The van der Waals surface area contributed by atoms with Crippen LogP contribution in [0.4, 0.5) is 0 Å². The van der Waals surface area contributed by atoms with Crippen LogP contribution in [0.3, 0.4) is 0 Å². The Balaban J connectivity index is 1.88. The third kappa shape index (κ3) is 4.08. The van der Waals surface area contributed by atoms with E-state index in [4.69, 9.17) is 14.2 Å². The van der Waals surface area contributed by atoms with Crippen molar-refractivity contribution in [2.75, 3.05) is 0 Å². The van der Waals surface area contributed by atoms with Crippen LogP contribution in [-0.2, 0) is 14.9 Å². The van der Waals surface area contributed by atoms with E-state index in [0.717, 1.165) is 0 Å². The summed E-state index contributed by atoms with van der Waals surface area (Å²) >= 11 is 0. The Hall–Kier alpha value is -2.31. The van der Waals surface area contributed by atoms with Crippen LogP contribution < -0.4 is 9.47 Å². The van der Waals surface area contributed by atoms with Gasteiger partial charge in [-0.25, -0.2) is 9.97 Å². The maximum absolute atomic E-state index is 11.6. The van der Waals surface area contributed by atoms with Crippen LogP contribution >= 0.6 is 0 Å². The van der Waals surface area contributed by atoms with Crippen LogP contribution in [0, 0.1) is 0 Å². The molecule has 0 spiro atoms. The van der Waals surface area contributed by atoms with Gasteiger partial charge in [0.25, 0.3) is 10.1 Å². The molecule has 0 bridgehead atoms. The van der Waals surface area contributed by atoms with Crippen molar-refractivity contribution < 1.29 is 37.4 Å². The molecule has 1 aliphatic rings. The van der Waals surface area contributed by atoms with E-state index in [0.29, 0.717) is 0 Å². The minimum absolute atomic E-state index is 0.0741. The molecule has 140 valence electrons. The van der Waals surface area contributed by atoms with Gasteiger partial charge in [0.1, 0.15) is 18.2 Å². The molecule has 26 heavy (non-hydrogen) atoms. The van der Waals surface area contributed by atoms with E-state index < -0.39 is 40.2 Å². The van der Waals surface area contributed by atoms with Crippen LogP contribution in [0.5, 0.6) is 11.5 Å². The number of hydrogen-bond acceptors (Lipinski definition) is 9. The van der Waals surface area contributed by atoms with Gasteiger partial charge in [0.2, 0.25) is 11.7 Å². The second kappa shape index (κ2) is 7.51. The fourth-order valence-electron chi connectivity index (χ4n) is 2.42. The van der Waals surface area contributed by atoms with Crippen molar-refractivity contribution in [1.82, 2.24) is 9.97 Å². The molecule has 1 aliphatic heterocycles. The maximum atomic E-state index is 11.6. The van der Waals surface area contributed by atoms with Gasteiger partial charge >= 0.3 is 0 Å². The van der Waals surface area contributed by atoms with Crippen molar-refractivity contribution in [3.05, 3.63) is 49.1 Å². The number of aliphatic hydroxyl groups is 2. The maximum Gasteiger partial charge on any atom is 0.295 e. The zero-order valence-corrected chi connectivity index (χ0v) is 14.0. The van der Waals surface area contributed by atoms with Crippen molar-refractivity contribution in [2.24, 2.45) is 0 Å². The number of para-hydroxylation sites is 1. The van der Waals surface area contributed by atoms with E-state index in [2.05, 4.69) is 9.97 Å². The number of rotatable bonds is 5. The summed E-state index contributed by atoms with van der Waals surface area (Å²) in [6, 6.07) is 8.18. The molecule has 2 heterocycles. The monoisotopic (exact) mass is 384 g/mol. The Kier molecular flexibility index (Phi) is 5.34. The second-order valence-corrected chi connectivity index (χ2v) is 6.95. The van der Waals surface area contributed by atoms with Crippen molar-refractivity contribution in [2.45, 2.75) is 30.0 Å². The predicted molar refractivity (Wildman–Crippen MR) is 85.7 cm³/mol. The van der Waals surface area contributed by atoms with Crippen molar-refractivity contribution in [3.63, 3.8) is 0 Å². The molecule has 3 rings (SSSR count). The molecule has 1 aromatic heterocycles. The van der Waals surface area contributed by atoms with E-state index in [9.17, 15) is 23.2 Å². The predicted octanol–water partition coefficient (Wildman–Crippen LogP) is -0.405. The summed E-state index contributed by atoms with van der Waals surface area (Å²) in [5.41, 5.74) is -2.07. The van der Waals surface area contributed by atoms with Crippen LogP contribution in [0.1, 0.15) is 0 Å². The molecule has 0 radical (unpaired) electrons. The third-order valence-electron chi connectivity index (χ3n) is 3.60. The molecule has 5 atom stereocenters. The SMILES string of the molecule is O=S(=O)(O)C1O[C@@H](Oc2ccccc2)[C@H](O)[C@@H](Oc2cncnc2)[C@@H]1O. The van der Waals surface area contributed by atoms with Gasteiger partial charge in [-0.15, -0.1) is 0 Å². The van der Waals surface area contributed by atoms with Crippen LogP contribution in [0.15, 0.2) is 49.1 Å². The van der Waals surface area contributed by atoms with Gasteiger partial charge < -0.3 is 24.4 Å². The van der Waals surface area contributed by atoms with Gasteiger partial charge in [-0.2, -0.15) is 8.42 Å². The number of aromatic nitrogens is 2. The quantitative estimate of drug-likeness (QED) is 0.581. The molecule has 10 nitrogen and oxygen atoms in total. The molecule has 11 heteroatoms. The van der Waals surface area contributed by atoms with Gasteiger partial charge in [0.05, 0.1) is 12.4 Å². The van der Waals surface area contributed by atoms with E-state index in [-0.39, 0.29) is 11.5 Å². The van der Waals surface area contributed by atoms with Crippen molar-refractivity contribution in [1.29, 1.82) is 0 Å². The standard InChI is InChI=1S/C15H16N2O8S/c18-11-13(23-10-6-16-8-17-7-10)12(19)15(26(20,21)22)25-14(11)24-9-4-2-1-3-5-9/h1-8,11-15,18-19H,(H,20,21,22)/t11-,12+,13-,14-,15?/m1/s1. The summed E-state index contributed by atoms with van der Waals surface area (Å²) in [7, 11) is -4.82. The van der Waals surface area contributed by atoms with E-state index in [1.54, 1.807) is 30.3 Å². The van der Waals surface area contributed by atoms with Crippen molar-refractivity contribution in [3.8, 4) is 11.5 Å². The average Bonchev–Trinajstić information content (AvgIpc) is 2.62. The number of nitrogens with zero attached hydrogens (tertiary/aromatic N) is 2. The molecular weight excluding hydrogens is 368 g/mol. The smallest absolute Gasteiger partial charge is 0.295 e. The van der Waals surface area contributed by atoms with Gasteiger partial charge in [-0.05, 0) is 12.1 Å². The lowest BCUT2D eigenvalue weighted by atomic mass is 10.0. The number of hydrogen-bond donors (Lipinski definition) is 3. The fourth-order valence-corrected chi connectivity index (χ4v) is 3.18. The molecule has 1 saturated heterocycles. The topological polar surface area (TPSA) is 148 Å². The lowest BCUT2D eigenvalue weighted by molar-refractivity contribution is -0.249. The Labute approximate surface area is 148 Å². The first-order chi connectivity index (χ1) is 12.4. The minimum atomic E-state index is -4.82. The zero-order valence-electron chi connectivity index (χ0n) is 13.2. The Morgan fingerprint density at radius 1 is 0.962 bits per heavy atom. The summed E-state index contributed by atoms with van der Waals surface area (Å²) in [5.74, 6) is 0.355. The van der Waals surface area contributed by atoms with Gasteiger partial charge in [0.15, 0.2) is 18.0 Å². The normalized spacial score (nSPS) is 29.1. The number of aliphatic hydroxyl groups excluding tert-OH is 2. The zero-order chi connectivity index (χ0) is 18.7. The van der Waals surface area contributed by atoms with Crippen molar-refractivity contribution >= 4 is 10.1 Å². The number of ether oxygens (including phenoxy) is 3. The minimum Gasteiger partial charge on any atom is -0.481 e. The summed E-state index contributed by atoms with van der Waals surface area (Å²) in [6.45, 7) is 0. The molecule has 0 saturated carbocycles. The van der Waals surface area contributed by atoms with E-state index in [1.807, 2.05) is 0 Å². The van der Waals surface area contributed by atoms with E-state index in [1.165, 1.54) is 18.7 Å². The van der Waals surface area contributed by atoms with Gasteiger partial charge in [0, 0.05) is 0 Å². The molecular formula is C15H16N2O8S. The third-order valence-corrected chi connectivity index (χ3v) is 4.57. The Morgan fingerprint density at radius 2 is 1.62 bits per heavy atom. The summed E-state index contributed by atoms with van der Waals surface area (Å²) in [6.07, 6.45) is -2.72. The molecule has 1 fully saturated rings.